The van der Waals surface area contributed by atoms with Gasteiger partial charge in [0.05, 0.1) is 30.3 Å². The van der Waals surface area contributed by atoms with E-state index in [-0.39, 0.29) is 34.5 Å². The van der Waals surface area contributed by atoms with Crippen molar-refractivity contribution in [3.05, 3.63) is 84.7 Å². The predicted octanol–water partition coefficient (Wildman–Crippen LogP) is 5.43. The highest BCUT2D eigenvalue weighted by Gasteiger charge is 2.52. The maximum atomic E-state index is 14.0. The first-order valence-corrected chi connectivity index (χ1v) is 21.4. The lowest BCUT2D eigenvalue weighted by Crippen LogP contribution is -2.68. The molecule has 0 spiro atoms. The number of piperidine rings is 1. The van der Waals surface area contributed by atoms with Crippen LogP contribution in [0.5, 0.6) is 5.88 Å². The molecule has 1 saturated carbocycles. The number of methoxy groups -OCH3 is 1. The largest absolute Gasteiger partial charge is 0.480 e. The number of ether oxygens (including phenoxy) is 1. The third-order valence-corrected chi connectivity index (χ3v) is 17.5. The van der Waals surface area contributed by atoms with Crippen LogP contribution >= 0.6 is 0 Å². The minimum absolute atomic E-state index is 0.0434. The van der Waals surface area contributed by atoms with Crippen LogP contribution < -0.4 is 31.9 Å². The zero-order valence-corrected chi connectivity index (χ0v) is 31.9. The first kappa shape index (κ1) is 36.7. The summed E-state index contributed by atoms with van der Waals surface area (Å²) in [5, 5.41) is 5.37. The van der Waals surface area contributed by atoms with Gasteiger partial charge < -0.3 is 25.9 Å². The quantitative estimate of drug-likeness (QED) is 0.170. The van der Waals surface area contributed by atoms with Crippen molar-refractivity contribution in [2.24, 2.45) is 5.92 Å². The van der Waals surface area contributed by atoms with Crippen LogP contribution in [0.4, 0.5) is 23.1 Å². The van der Waals surface area contributed by atoms with Gasteiger partial charge in [-0.15, -0.1) is 0 Å². The van der Waals surface area contributed by atoms with Gasteiger partial charge in [0.25, 0.3) is 8.32 Å². The van der Waals surface area contributed by atoms with Crippen LogP contribution in [0.15, 0.2) is 79.0 Å². The van der Waals surface area contributed by atoms with E-state index >= 15 is 0 Å². The van der Waals surface area contributed by atoms with Gasteiger partial charge in [-0.2, -0.15) is 9.29 Å². The smallest absolute Gasteiger partial charge is 0.261 e. The Balaban J connectivity index is 1.13. The summed E-state index contributed by atoms with van der Waals surface area (Å²) in [7, 11) is -4.78. The predicted molar refractivity (Wildman–Crippen MR) is 207 cm³/mol. The fourth-order valence-corrected chi connectivity index (χ4v) is 14.5. The highest BCUT2D eigenvalue weighted by Crippen LogP contribution is 2.41. The molecule has 5 N–H and O–H groups in total. The summed E-state index contributed by atoms with van der Waals surface area (Å²) in [5.74, 6) is 1.14. The van der Waals surface area contributed by atoms with E-state index in [4.69, 9.17) is 25.6 Å². The SMILES string of the molecule is COc1ncccc1Nc1nc(N)c(N)c(C2CCC(CS(=O)(=O)N3CCCC(O[Si](c4ccccc4)(c4ccccc4)C(C)(C)C)C3)CC2)n1. The second-order valence-electron chi connectivity index (χ2n) is 14.8. The number of pyridine rings is 1. The van der Waals surface area contributed by atoms with Crippen LogP contribution in [0.25, 0.3) is 0 Å². The van der Waals surface area contributed by atoms with E-state index in [0.29, 0.717) is 42.0 Å². The summed E-state index contributed by atoms with van der Waals surface area (Å²) in [4.78, 5) is 13.3. The molecule has 2 aliphatic rings. The zero-order chi connectivity index (χ0) is 36.2. The molecule has 1 unspecified atom stereocenters. The number of benzene rings is 2. The fourth-order valence-electron chi connectivity index (χ4n) is 7.84. The van der Waals surface area contributed by atoms with Crippen LogP contribution in [0.3, 0.4) is 0 Å². The molecule has 6 rings (SSSR count). The van der Waals surface area contributed by atoms with Gasteiger partial charge in [0.1, 0.15) is 5.69 Å². The zero-order valence-electron chi connectivity index (χ0n) is 30.1. The number of sulfonamides is 1. The molecule has 2 fully saturated rings. The lowest BCUT2D eigenvalue weighted by Gasteiger charge is -2.46. The van der Waals surface area contributed by atoms with E-state index in [1.54, 1.807) is 23.7 Å². The maximum absolute atomic E-state index is 14.0. The maximum Gasteiger partial charge on any atom is 0.261 e. The van der Waals surface area contributed by atoms with Gasteiger partial charge in [-0.3, -0.25) is 0 Å². The Labute approximate surface area is 303 Å². The van der Waals surface area contributed by atoms with Gasteiger partial charge in [0, 0.05) is 25.2 Å². The number of nitrogens with one attached hydrogen (secondary N) is 1. The summed E-state index contributed by atoms with van der Waals surface area (Å²) >= 11 is 0. The van der Waals surface area contributed by atoms with Crippen molar-refractivity contribution >= 4 is 51.9 Å². The summed E-state index contributed by atoms with van der Waals surface area (Å²) < 4.78 is 42.4. The average molecular weight is 730 g/mol. The average Bonchev–Trinajstić information content (AvgIpc) is 3.13. The minimum Gasteiger partial charge on any atom is -0.480 e. The van der Waals surface area contributed by atoms with Gasteiger partial charge >= 0.3 is 0 Å². The Morgan fingerprint density at radius 1 is 0.902 bits per heavy atom. The molecule has 11 nitrogen and oxygen atoms in total. The van der Waals surface area contributed by atoms with E-state index in [2.05, 4.69) is 84.6 Å². The van der Waals surface area contributed by atoms with E-state index in [0.717, 1.165) is 38.5 Å². The standard InChI is InChI=1S/C38H51N7O4SSi/c1-38(2,3)51(30-14-7-5-8-15-30,31-16-9-6-10-17-31)49-29-13-12-24-45(25-29)50(46,47)26-27-19-21-28(22-20-27)34-33(39)35(40)44-37(43-34)42-32-18-11-23-41-36(32)48-4/h5-11,14-18,23,27-29H,12-13,19-22,24-26,39H2,1-4H3,(H3,40,42,43,44). The number of aromatic nitrogens is 3. The van der Waals surface area contributed by atoms with Gasteiger partial charge in [-0.25, -0.2) is 18.4 Å². The lowest BCUT2D eigenvalue weighted by atomic mass is 9.81. The number of nitrogens with two attached hydrogens (primary N) is 2. The molecule has 51 heavy (non-hydrogen) atoms. The van der Waals surface area contributed by atoms with E-state index in [1.165, 1.54) is 10.4 Å². The topological polar surface area (TPSA) is 159 Å². The van der Waals surface area contributed by atoms with Crippen LogP contribution in [0.2, 0.25) is 5.04 Å². The summed E-state index contributed by atoms with van der Waals surface area (Å²) in [6, 6.07) is 24.7. The van der Waals surface area contributed by atoms with Gasteiger partial charge in [-0.05, 0) is 72.0 Å². The van der Waals surface area contributed by atoms with Gasteiger partial charge in [0.2, 0.25) is 21.9 Å². The van der Waals surface area contributed by atoms with Crippen LogP contribution in [-0.2, 0) is 14.4 Å². The first-order chi connectivity index (χ1) is 24.4. The molecule has 0 radical (unpaired) electrons. The summed E-state index contributed by atoms with van der Waals surface area (Å²) in [6.07, 6.45) is 6.06. The molecule has 2 aromatic heterocycles. The van der Waals surface area contributed by atoms with Gasteiger partial charge in [-0.1, -0.05) is 81.4 Å². The number of hydrogen-bond acceptors (Lipinski definition) is 10. The molecular weight excluding hydrogens is 679 g/mol. The van der Waals surface area contributed by atoms with Crippen LogP contribution in [-0.4, -0.2) is 68.0 Å². The third-order valence-electron chi connectivity index (χ3n) is 10.4. The van der Waals surface area contributed by atoms with E-state index in [1.807, 2.05) is 18.2 Å². The molecule has 0 amide bonds. The molecule has 1 aliphatic heterocycles. The number of nitrogen functional groups attached to an aromatic ring is 2. The first-order valence-electron chi connectivity index (χ1n) is 17.9. The number of rotatable bonds is 11. The third kappa shape index (κ3) is 7.91. The van der Waals surface area contributed by atoms with Crippen molar-refractivity contribution < 1.29 is 17.6 Å². The van der Waals surface area contributed by atoms with E-state index in [9.17, 15) is 8.42 Å². The second-order valence-corrected chi connectivity index (χ2v) is 21.1. The summed E-state index contributed by atoms with van der Waals surface area (Å²) in [5.41, 5.74) is 14.3. The normalized spacial score (nSPS) is 20.5. The Bertz CT molecular complexity index is 1850. The molecule has 4 aromatic rings. The van der Waals surface area contributed by atoms with Crippen molar-refractivity contribution in [3.8, 4) is 5.88 Å². The van der Waals surface area contributed by atoms with Crippen molar-refractivity contribution in [1.82, 2.24) is 19.3 Å². The number of hydrogen-bond donors (Lipinski definition) is 3. The Kier molecular flexibility index (Phi) is 11.0. The molecule has 1 saturated heterocycles. The van der Waals surface area contributed by atoms with Crippen molar-refractivity contribution in [2.75, 3.05) is 42.7 Å². The van der Waals surface area contributed by atoms with Crippen molar-refractivity contribution in [2.45, 2.75) is 76.4 Å². The van der Waals surface area contributed by atoms with Crippen molar-refractivity contribution in [1.29, 1.82) is 0 Å². The Morgan fingerprint density at radius 3 is 2.16 bits per heavy atom. The van der Waals surface area contributed by atoms with Crippen LogP contribution in [0.1, 0.15) is 70.9 Å². The second kappa shape index (κ2) is 15.3. The molecule has 13 heteroatoms. The Morgan fingerprint density at radius 2 is 1.55 bits per heavy atom. The molecule has 272 valence electrons. The molecule has 2 aromatic carbocycles. The summed E-state index contributed by atoms with van der Waals surface area (Å²) in [6.45, 7) is 7.66. The molecule has 1 atom stereocenters. The monoisotopic (exact) mass is 729 g/mol. The molecular formula is C38H51N7O4SSi. The number of nitrogens with zero attached hydrogens (tertiary/aromatic N) is 4. The minimum atomic E-state index is -3.51. The molecule has 0 bridgehead atoms. The molecule has 3 heterocycles. The molecule has 1 aliphatic carbocycles. The Hall–Kier alpha value is -4.04. The lowest BCUT2D eigenvalue weighted by molar-refractivity contribution is 0.119. The fraction of sp³-hybridized carbons (Fsp3) is 0.447. The van der Waals surface area contributed by atoms with Crippen molar-refractivity contribution in [3.63, 3.8) is 0 Å². The highest BCUT2D eigenvalue weighted by molar-refractivity contribution is 7.89. The van der Waals surface area contributed by atoms with Crippen LogP contribution in [0, 0.1) is 5.92 Å². The number of anilines is 4. The highest BCUT2D eigenvalue weighted by atomic mass is 32.2. The van der Waals surface area contributed by atoms with E-state index < -0.39 is 18.3 Å². The van der Waals surface area contributed by atoms with Gasteiger partial charge in [0.15, 0.2) is 5.82 Å².